The molecule has 1 aliphatic heterocycles. The highest BCUT2D eigenvalue weighted by atomic mass is 32.2. The summed E-state index contributed by atoms with van der Waals surface area (Å²) < 4.78 is 13.2. The number of halogens is 1. The van der Waals surface area contributed by atoms with Crippen molar-refractivity contribution in [1.29, 1.82) is 0 Å². The van der Waals surface area contributed by atoms with Crippen LogP contribution in [-0.4, -0.2) is 40.9 Å². The van der Waals surface area contributed by atoms with Crippen LogP contribution in [0.25, 0.3) is 0 Å². The molecular formula is C25H24FN5O4S2. The van der Waals surface area contributed by atoms with E-state index in [1.807, 2.05) is 5.38 Å². The zero-order valence-corrected chi connectivity index (χ0v) is 21.5. The molecule has 9 nitrogen and oxygen atoms in total. The van der Waals surface area contributed by atoms with Crippen molar-refractivity contribution in [3.8, 4) is 0 Å². The third-order valence-corrected chi connectivity index (χ3v) is 7.16. The fraction of sp³-hybridized carbons (Fsp3) is 0.240. The minimum atomic E-state index is -0.532. The minimum Gasteiger partial charge on any atom is -0.326 e. The highest BCUT2D eigenvalue weighted by Crippen LogP contribution is 2.27. The summed E-state index contributed by atoms with van der Waals surface area (Å²) in [6.07, 6.45) is 0.0718. The highest BCUT2D eigenvalue weighted by Gasteiger charge is 2.35. The number of hydrogen-bond donors (Lipinski definition) is 3. The minimum absolute atomic E-state index is 0.0718. The van der Waals surface area contributed by atoms with Gasteiger partial charge in [-0.05, 0) is 48.5 Å². The molecule has 1 aliphatic rings. The number of hydrogen-bond acceptors (Lipinski definition) is 7. The van der Waals surface area contributed by atoms with Gasteiger partial charge in [-0.25, -0.2) is 9.37 Å². The van der Waals surface area contributed by atoms with Crippen molar-refractivity contribution < 1.29 is 23.6 Å². The number of rotatable bonds is 9. The average Bonchev–Trinajstić information content (AvgIpc) is 3.47. The number of amides is 4. The lowest BCUT2D eigenvalue weighted by molar-refractivity contribution is -0.122. The van der Waals surface area contributed by atoms with E-state index in [1.54, 1.807) is 24.3 Å². The summed E-state index contributed by atoms with van der Waals surface area (Å²) in [6, 6.07) is 12.4. The second-order valence-corrected chi connectivity index (χ2v) is 10.2. The molecule has 0 saturated carbocycles. The van der Waals surface area contributed by atoms with Crippen LogP contribution in [0.5, 0.6) is 0 Å². The van der Waals surface area contributed by atoms with E-state index in [9.17, 15) is 23.6 Å². The molecule has 1 fully saturated rings. The third kappa shape index (κ3) is 7.37. The molecule has 192 valence electrons. The summed E-state index contributed by atoms with van der Waals surface area (Å²) in [5, 5.41) is 10.5. The zero-order chi connectivity index (χ0) is 26.4. The molecule has 1 saturated heterocycles. The molecule has 3 N–H and O–H groups in total. The second kappa shape index (κ2) is 12.0. The Morgan fingerprint density at radius 2 is 1.73 bits per heavy atom. The fourth-order valence-corrected chi connectivity index (χ4v) is 5.21. The van der Waals surface area contributed by atoms with Gasteiger partial charge in [0, 0.05) is 48.1 Å². The molecule has 1 unspecified atom stereocenters. The summed E-state index contributed by atoms with van der Waals surface area (Å²) in [6.45, 7) is 1.64. The topological polar surface area (TPSA) is 120 Å². The van der Waals surface area contributed by atoms with Crippen LogP contribution in [0.4, 0.5) is 26.6 Å². The molecule has 4 amide bonds. The zero-order valence-electron chi connectivity index (χ0n) is 19.8. The number of benzene rings is 2. The highest BCUT2D eigenvalue weighted by molar-refractivity contribution is 7.99. The molecular weight excluding hydrogens is 517 g/mol. The van der Waals surface area contributed by atoms with Gasteiger partial charge < -0.3 is 20.9 Å². The first-order valence-electron chi connectivity index (χ1n) is 11.3. The normalized spacial score (nSPS) is 14.9. The van der Waals surface area contributed by atoms with Gasteiger partial charge in [-0.15, -0.1) is 23.1 Å². The number of thioether (sulfide) groups is 1. The van der Waals surface area contributed by atoms with Crippen LogP contribution >= 0.6 is 23.1 Å². The van der Waals surface area contributed by atoms with E-state index >= 15 is 0 Å². The summed E-state index contributed by atoms with van der Waals surface area (Å²) >= 11 is 2.66. The summed E-state index contributed by atoms with van der Waals surface area (Å²) in [4.78, 5) is 54.2. The molecule has 0 bridgehead atoms. The Morgan fingerprint density at radius 3 is 2.41 bits per heavy atom. The number of anilines is 4. The van der Waals surface area contributed by atoms with E-state index < -0.39 is 11.7 Å². The van der Waals surface area contributed by atoms with Crippen molar-refractivity contribution in [3.05, 3.63) is 65.4 Å². The lowest BCUT2D eigenvalue weighted by Crippen LogP contribution is -2.28. The van der Waals surface area contributed by atoms with Gasteiger partial charge in [-0.2, -0.15) is 0 Å². The van der Waals surface area contributed by atoms with Crippen LogP contribution in [-0.2, 0) is 24.9 Å². The van der Waals surface area contributed by atoms with Crippen LogP contribution in [0.15, 0.2) is 53.9 Å². The Labute approximate surface area is 220 Å². The Kier molecular flexibility index (Phi) is 8.51. The van der Waals surface area contributed by atoms with E-state index in [0.29, 0.717) is 27.9 Å². The maximum atomic E-state index is 13.2. The maximum Gasteiger partial charge on any atom is 0.234 e. The summed E-state index contributed by atoms with van der Waals surface area (Å²) in [5.41, 5.74) is 2.56. The van der Waals surface area contributed by atoms with Crippen LogP contribution in [0, 0.1) is 11.7 Å². The van der Waals surface area contributed by atoms with Gasteiger partial charge in [-0.3, -0.25) is 19.2 Å². The number of aromatic nitrogens is 1. The SMILES string of the molecule is CC(=O)Nc1ccc(NC(=O)CSCc2csc(NC(=O)C3CC(=O)N(c4ccc(F)cc4)C3)n2)cc1. The molecule has 37 heavy (non-hydrogen) atoms. The Bertz CT molecular complexity index is 1300. The fourth-order valence-electron chi connectivity index (χ4n) is 3.68. The molecule has 0 spiro atoms. The van der Waals surface area contributed by atoms with E-state index in [-0.39, 0.29) is 42.3 Å². The van der Waals surface area contributed by atoms with Gasteiger partial charge >= 0.3 is 0 Å². The van der Waals surface area contributed by atoms with Crippen molar-refractivity contribution in [3.63, 3.8) is 0 Å². The predicted molar refractivity (Wildman–Crippen MR) is 143 cm³/mol. The van der Waals surface area contributed by atoms with Gasteiger partial charge in [0.25, 0.3) is 0 Å². The molecule has 0 radical (unpaired) electrons. The standard InChI is InChI=1S/C25H24FN5O4S2/c1-15(32)27-18-4-6-19(7-5-18)28-22(33)14-36-12-20-13-37-25(29-20)30-24(35)16-10-23(34)31(11-16)21-8-2-17(26)3-9-21/h2-9,13,16H,10-12,14H2,1H3,(H,27,32)(H,28,33)(H,29,30,35). The maximum absolute atomic E-state index is 13.2. The van der Waals surface area contributed by atoms with Crippen molar-refractivity contribution in [2.24, 2.45) is 5.92 Å². The van der Waals surface area contributed by atoms with Gasteiger partial charge in [-0.1, -0.05) is 0 Å². The molecule has 2 aromatic carbocycles. The number of thiazole rings is 1. The molecule has 3 aromatic rings. The average molecular weight is 542 g/mol. The number of nitrogens with one attached hydrogen (secondary N) is 3. The number of carbonyl (C=O) groups excluding carboxylic acids is 4. The molecule has 1 atom stereocenters. The van der Waals surface area contributed by atoms with Crippen molar-refractivity contribution in [2.75, 3.05) is 33.1 Å². The monoisotopic (exact) mass is 541 g/mol. The first kappa shape index (κ1) is 26.3. The second-order valence-electron chi connectivity index (χ2n) is 8.31. The van der Waals surface area contributed by atoms with Gasteiger partial charge in [0.2, 0.25) is 23.6 Å². The van der Waals surface area contributed by atoms with E-state index in [1.165, 1.54) is 59.2 Å². The molecule has 2 heterocycles. The smallest absolute Gasteiger partial charge is 0.234 e. The Morgan fingerprint density at radius 1 is 1.05 bits per heavy atom. The van der Waals surface area contributed by atoms with Gasteiger partial charge in [0.15, 0.2) is 5.13 Å². The number of carbonyl (C=O) groups is 4. The third-order valence-electron chi connectivity index (χ3n) is 5.39. The molecule has 12 heteroatoms. The van der Waals surface area contributed by atoms with Crippen molar-refractivity contribution in [2.45, 2.75) is 19.1 Å². The van der Waals surface area contributed by atoms with E-state index in [2.05, 4.69) is 20.9 Å². The van der Waals surface area contributed by atoms with Gasteiger partial charge in [0.05, 0.1) is 17.4 Å². The van der Waals surface area contributed by atoms with Crippen molar-refractivity contribution >= 4 is 68.9 Å². The van der Waals surface area contributed by atoms with Crippen LogP contribution < -0.4 is 20.9 Å². The number of nitrogens with zero attached hydrogens (tertiary/aromatic N) is 2. The predicted octanol–water partition coefficient (Wildman–Crippen LogP) is 4.10. The van der Waals surface area contributed by atoms with Gasteiger partial charge in [0.1, 0.15) is 5.82 Å². The van der Waals surface area contributed by atoms with Crippen LogP contribution in [0.2, 0.25) is 0 Å². The van der Waals surface area contributed by atoms with E-state index in [0.717, 1.165) is 5.69 Å². The van der Waals surface area contributed by atoms with Crippen LogP contribution in [0.1, 0.15) is 19.0 Å². The lowest BCUT2D eigenvalue weighted by atomic mass is 10.1. The summed E-state index contributed by atoms with van der Waals surface area (Å²) in [5.74, 6) is -1.04. The van der Waals surface area contributed by atoms with Crippen molar-refractivity contribution in [1.82, 2.24) is 4.98 Å². The Balaban J connectivity index is 1.20. The first-order chi connectivity index (χ1) is 17.8. The van der Waals surface area contributed by atoms with E-state index in [4.69, 9.17) is 0 Å². The summed E-state index contributed by atoms with van der Waals surface area (Å²) in [7, 11) is 0. The largest absolute Gasteiger partial charge is 0.326 e. The first-order valence-corrected chi connectivity index (χ1v) is 13.4. The molecule has 0 aliphatic carbocycles. The molecule has 4 rings (SSSR count). The Hall–Kier alpha value is -3.77. The molecule has 1 aromatic heterocycles. The lowest BCUT2D eigenvalue weighted by Gasteiger charge is -2.16. The van der Waals surface area contributed by atoms with Crippen LogP contribution in [0.3, 0.4) is 0 Å². The quantitative estimate of drug-likeness (QED) is 0.375.